The number of thiophene rings is 1. The van der Waals surface area contributed by atoms with Gasteiger partial charge in [-0.3, -0.25) is 9.59 Å². The molecule has 2 fully saturated rings. The minimum Gasteiger partial charge on any atom is -0.354 e. The molecule has 0 aliphatic carbocycles. The third kappa shape index (κ3) is 5.43. The van der Waals surface area contributed by atoms with Crippen LogP contribution in [-0.4, -0.2) is 48.9 Å². The number of aryl methyl sites for hydroxylation is 1. The normalized spacial score (nSPS) is 23.6. The molecule has 0 radical (unpaired) electrons. The second kappa shape index (κ2) is 9.01. The Morgan fingerprint density at radius 3 is 2.92 bits per heavy atom. The molecule has 2 aliphatic rings. The zero-order chi connectivity index (χ0) is 17.6. The lowest BCUT2D eigenvalue weighted by Crippen LogP contribution is -2.46. The highest BCUT2D eigenvalue weighted by atomic mass is 35.5. The highest BCUT2D eigenvalue weighted by molar-refractivity contribution is 7.16. The van der Waals surface area contributed by atoms with Gasteiger partial charge in [-0.05, 0) is 56.7 Å². The molecule has 3 rings (SSSR count). The maximum absolute atomic E-state index is 12.5. The summed E-state index contributed by atoms with van der Waals surface area (Å²) in [6.07, 6.45) is 5.36. The molecular formula is C18H26ClN3O2S. The zero-order valence-electron chi connectivity index (χ0n) is 14.4. The van der Waals surface area contributed by atoms with Crippen LogP contribution in [0.5, 0.6) is 0 Å². The quantitative estimate of drug-likeness (QED) is 0.793. The molecule has 0 spiro atoms. The summed E-state index contributed by atoms with van der Waals surface area (Å²) in [5.74, 6) is 0.674. The molecule has 5 nitrogen and oxygen atoms in total. The number of carbonyl (C=O) groups excluding carboxylic acids is 2. The molecular weight excluding hydrogens is 358 g/mol. The molecule has 1 aromatic rings. The number of carbonyl (C=O) groups is 2. The van der Waals surface area contributed by atoms with Crippen molar-refractivity contribution < 1.29 is 9.59 Å². The average molecular weight is 384 g/mol. The van der Waals surface area contributed by atoms with Crippen LogP contribution in [0.15, 0.2) is 12.1 Å². The Kier molecular flexibility index (Phi) is 6.73. The Hall–Kier alpha value is -1.11. The lowest BCUT2D eigenvalue weighted by molar-refractivity contribution is -0.132. The summed E-state index contributed by atoms with van der Waals surface area (Å²) in [6, 6.07) is 3.84. The largest absolute Gasteiger partial charge is 0.354 e. The van der Waals surface area contributed by atoms with E-state index in [2.05, 4.69) is 10.6 Å². The Labute approximate surface area is 158 Å². The Morgan fingerprint density at radius 1 is 1.32 bits per heavy atom. The molecule has 2 aliphatic heterocycles. The molecule has 0 saturated carbocycles. The van der Waals surface area contributed by atoms with E-state index in [1.807, 2.05) is 17.0 Å². The van der Waals surface area contributed by atoms with Gasteiger partial charge in [0.25, 0.3) is 0 Å². The third-order valence-corrected chi connectivity index (χ3v) is 6.32. The molecule has 0 bridgehead atoms. The highest BCUT2D eigenvalue weighted by Gasteiger charge is 2.26. The number of nitrogens with one attached hydrogen (secondary N) is 2. The summed E-state index contributed by atoms with van der Waals surface area (Å²) in [5.41, 5.74) is 0. The summed E-state index contributed by atoms with van der Waals surface area (Å²) >= 11 is 7.48. The van der Waals surface area contributed by atoms with Gasteiger partial charge < -0.3 is 15.5 Å². The minimum atomic E-state index is -0.0288. The number of piperidine rings is 1. The topological polar surface area (TPSA) is 61.4 Å². The number of likely N-dealkylation sites (tertiary alicyclic amines) is 1. The molecule has 2 atom stereocenters. The van der Waals surface area contributed by atoms with Crippen molar-refractivity contribution in [2.45, 2.75) is 44.6 Å². The van der Waals surface area contributed by atoms with Gasteiger partial charge in [0.2, 0.25) is 11.8 Å². The lowest BCUT2D eigenvalue weighted by atomic mass is 9.97. The Morgan fingerprint density at radius 2 is 2.20 bits per heavy atom. The van der Waals surface area contributed by atoms with Crippen LogP contribution in [0.2, 0.25) is 4.34 Å². The Bertz CT molecular complexity index is 601. The molecule has 7 heteroatoms. The predicted octanol–water partition coefficient (Wildman–Crippen LogP) is 2.44. The molecule has 0 aromatic carbocycles. The summed E-state index contributed by atoms with van der Waals surface area (Å²) in [7, 11) is 0. The van der Waals surface area contributed by atoms with Crippen LogP contribution in [0.4, 0.5) is 0 Å². The van der Waals surface area contributed by atoms with Crippen LogP contribution in [-0.2, 0) is 16.0 Å². The van der Waals surface area contributed by atoms with E-state index in [1.165, 1.54) is 0 Å². The second-order valence-corrected chi connectivity index (χ2v) is 8.75. The monoisotopic (exact) mass is 383 g/mol. The van der Waals surface area contributed by atoms with Crippen molar-refractivity contribution in [1.29, 1.82) is 0 Å². The molecule has 3 heterocycles. The molecule has 2 saturated heterocycles. The fourth-order valence-corrected chi connectivity index (χ4v) is 4.70. The van der Waals surface area contributed by atoms with Crippen molar-refractivity contribution in [2.75, 3.05) is 26.2 Å². The van der Waals surface area contributed by atoms with Crippen LogP contribution in [0.1, 0.15) is 37.0 Å². The van der Waals surface area contributed by atoms with E-state index in [9.17, 15) is 9.59 Å². The summed E-state index contributed by atoms with van der Waals surface area (Å²) in [5, 5.41) is 6.28. The van der Waals surface area contributed by atoms with Crippen LogP contribution in [0.3, 0.4) is 0 Å². The number of amides is 2. The summed E-state index contributed by atoms with van der Waals surface area (Å²) in [4.78, 5) is 27.7. The first kappa shape index (κ1) is 18.7. The standard InChI is InChI=1S/C18H26ClN3O2S/c19-16-7-5-14(25-16)6-8-17(23)22-10-2-3-13(12-22)11-21-18(24)15-4-1-9-20-15/h5,7,13,15,20H,1-4,6,8-12H2,(H,21,24). The van der Waals surface area contributed by atoms with E-state index in [0.717, 1.165) is 61.0 Å². The van der Waals surface area contributed by atoms with Gasteiger partial charge in [-0.25, -0.2) is 0 Å². The number of hydrogen-bond donors (Lipinski definition) is 2. The van der Waals surface area contributed by atoms with E-state index in [0.29, 0.717) is 18.9 Å². The minimum absolute atomic E-state index is 0.0288. The summed E-state index contributed by atoms with van der Waals surface area (Å²) in [6.45, 7) is 3.18. The zero-order valence-corrected chi connectivity index (χ0v) is 16.0. The first-order valence-corrected chi connectivity index (χ1v) is 10.3. The van der Waals surface area contributed by atoms with E-state index in [-0.39, 0.29) is 17.9 Å². The fraction of sp³-hybridized carbons (Fsp3) is 0.667. The van der Waals surface area contributed by atoms with Gasteiger partial charge in [-0.1, -0.05) is 11.6 Å². The van der Waals surface area contributed by atoms with Gasteiger partial charge in [0, 0.05) is 30.9 Å². The molecule has 138 valence electrons. The molecule has 2 unspecified atom stereocenters. The molecule has 2 amide bonds. The van der Waals surface area contributed by atoms with Gasteiger partial charge in [-0.15, -0.1) is 11.3 Å². The maximum Gasteiger partial charge on any atom is 0.237 e. The molecule has 25 heavy (non-hydrogen) atoms. The van der Waals surface area contributed by atoms with Crippen molar-refractivity contribution >= 4 is 34.8 Å². The maximum atomic E-state index is 12.5. The first-order chi connectivity index (χ1) is 12.1. The van der Waals surface area contributed by atoms with Gasteiger partial charge in [-0.2, -0.15) is 0 Å². The number of nitrogens with zero attached hydrogens (tertiary/aromatic N) is 1. The van der Waals surface area contributed by atoms with Crippen molar-refractivity contribution in [3.8, 4) is 0 Å². The van der Waals surface area contributed by atoms with Crippen molar-refractivity contribution in [3.05, 3.63) is 21.3 Å². The van der Waals surface area contributed by atoms with Crippen molar-refractivity contribution in [1.82, 2.24) is 15.5 Å². The SMILES string of the molecule is O=C(NCC1CCCN(C(=O)CCc2ccc(Cl)s2)C1)C1CCCN1. The number of hydrogen-bond acceptors (Lipinski definition) is 4. The van der Waals surface area contributed by atoms with Crippen LogP contribution >= 0.6 is 22.9 Å². The van der Waals surface area contributed by atoms with E-state index < -0.39 is 0 Å². The van der Waals surface area contributed by atoms with Gasteiger partial charge in [0.15, 0.2) is 0 Å². The Balaban J connectivity index is 1.40. The van der Waals surface area contributed by atoms with Gasteiger partial charge in [0.05, 0.1) is 10.4 Å². The smallest absolute Gasteiger partial charge is 0.237 e. The van der Waals surface area contributed by atoms with Gasteiger partial charge in [0.1, 0.15) is 0 Å². The van der Waals surface area contributed by atoms with E-state index in [4.69, 9.17) is 11.6 Å². The van der Waals surface area contributed by atoms with Crippen LogP contribution < -0.4 is 10.6 Å². The number of halogens is 1. The first-order valence-electron chi connectivity index (χ1n) is 9.15. The average Bonchev–Trinajstić information content (AvgIpc) is 3.29. The van der Waals surface area contributed by atoms with Gasteiger partial charge >= 0.3 is 0 Å². The van der Waals surface area contributed by atoms with Crippen LogP contribution in [0.25, 0.3) is 0 Å². The highest BCUT2D eigenvalue weighted by Crippen LogP contribution is 2.23. The predicted molar refractivity (Wildman–Crippen MR) is 101 cm³/mol. The number of rotatable bonds is 6. The van der Waals surface area contributed by atoms with Crippen molar-refractivity contribution in [3.63, 3.8) is 0 Å². The molecule has 2 N–H and O–H groups in total. The van der Waals surface area contributed by atoms with Crippen LogP contribution in [0, 0.1) is 5.92 Å². The summed E-state index contributed by atoms with van der Waals surface area (Å²) < 4.78 is 0.771. The lowest BCUT2D eigenvalue weighted by Gasteiger charge is -2.33. The van der Waals surface area contributed by atoms with E-state index >= 15 is 0 Å². The van der Waals surface area contributed by atoms with E-state index in [1.54, 1.807) is 11.3 Å². The third-order valence-electron chi connectivity index (χ3n) is 5.03. The second-order valence-electron chi connectivity index (χ2n) is 6.95. The van der Waals surface area contributed by atoms with Crippen molar-refractivity contribution in [2.24, 2.45) is 5.92 Å². The molecule has 1 aromatic heterocycles. The fourth-order valence-electron chi connectivity index (χ4n) is 3.61.